The number of carbonyl (C=O) groups excluding carboxylic acids is 1. The smallest absolute Gasteiger partial charge is 0.323 e. The lowest BCUT2D eigenvalue weighted by molar-refractivity contribution is 0.262. The van der Waals surface area contributed by atoms with Crippen LogP contribution < -0.4 is 20.3 Å². The molecule has 1 fully saturated rings. The van der Waals surface area contributed by atoms with E-state index in [4.69, 9.17) is 32.9 Å². The summed E-state index contributed by atoms with van der Waals surface area (Å²) in [6.45, 7) is 2.06. The molecule has 1 aliphatic rings. The first kappa shape index (κ1) is 24.0. The Kier molecular flexibility index (Phi) is 6.40. The highest BCUT2D eigenvalue weighted by Gasteiger charge is 2.17. The number of nitrogens with one attached hydrogen (secondary N) is 2. The van der Waals surface area contributed by atoms with Gasteiger partial charge in [0.25, 0.3) is 0 Å². The molecule has 1 aliphatic heterocycles. The number of nitrogens with zero attached hydrogens (tertiary/aromatic N) is 6. The Hall–Kier alpha value is -4.41. The van der Waals surface area contributed by atoms with Crippen LogP contribution in [0.5, 0.6) is 11.8 Å². The van der Waals surface area contributed by atoms with Crippen molar-refractivity contribution in [3.63, 3.8) is 0 Å². The molecule has 190 valence electrons. The fraction of sp³-hybridized carbons (Fsp3) is 0.115. The molecule has 0 spiro atoms. The third kappa shape index (κ3) is 5.04. The van der Waals surface area contributed by atoms with Crippen molar-refractivity contribution in [3.05, 3.63) is 83.4 Å². The predicted octanol–water partition coefficient (Wildman–Crippen LogP) is 6.14. The number of benzene rings is 2. The van der Waals surface area contributed by atoms with Gasteiger partial charge in [-0.3, -0.25) is 0 Å². The van der Waals surface area contributed by atoms with Crippen LogP contribution in [0, 0.1) is 0 Å². The lowest BCUT2D eigenvalue weighted by Gasteiger charge is -2.31. The van der Waals surface area contributed by atoms with Gasteiger partial charge in [-0.25, -0.2) is 24.3 Å². The maximum Gasteiger partial charge on any atom is 0.323 e. The number of aromatic nitrogens is 5. The molecule has 4 heterocycles. The van der Waals surface area contributed by atoms with Crippen LogP contribution in [-0.4, -0.2) is 43.7 Å². The van der Waals surface area contributed by atoms with Crippen LogP contribution in [0.4, 0.5) is 22.0 Å². The molecule has 2 aromatic carbocycles. The zero-order valence-electron chi connectivity index (χ0n) is 19.8. The number of fused-ring (bicyclic) bond motifs is 1. The van der Waals surface area contributed by atoms with Crippen LogP contribution in [0.1, 0.15) is 6.42 Å². The molecule has 2 amide bonds. The van der Waals surface area contributed by atoms with Gasteiger partial charge in [-0.1, -0.05) is 35.3 Å². The highest BCUT2D eigenvalue weighted by molar-refractivity contribution is 6.35. The second kappa shape index (κ2) is 10.2. The fourth-order valence-electron chi connectivity index (χ4n) is 3.90. The quantitative estimate of drug-likeness (QED) is 0.263. The molecular formula is C26H20Cl2N8O2. The number of hydrogen-bond acceptors (Lipinski definition) is 7. The first-order valence-corrected chi connectivity index (χ1v) is 12.5. The van der Waals surface area contributed by atoms with Crippen molar-refractivity contribution >= 4 is 52.1 Å². The lowest BCUT2D eigenvalue weighted by Crippen LogP contribution is -2.37. The number of hydrogen-bond donors (Lipinski definition) is 2. The minimum Gasteiger partial charge on any atom is -0.424 e. The van der Waals surface area contributed by atoms with Gasteiger partial charge in [0.1, 0.15) is 11.6 Å². The van der Waals surface area contributed by atoms with Gasteiger partial charge < -0.3 is 20.3 Å². The fourth-order valence-corrected chi connectivity index (χ4v) is 4.24. The Morgan fingerprint density at radius 3 is 2.47 bits per heavy atom. The number of carbonyl (C=O) groups is 1. The lowest BCUT2D eigenvalue weighted by atomic mass is 10.1. The maximum atomic E-state index is 12.3. The summed E-state index contributed by atoms with van der Waals surface area (Å²) in [5.74, 6) is 1.53. The van der Waals surface area contributed by atoms with E-state index in [1.54, 1.807) is 22.7 Å². The van der Waals surface area contributed by atoms with Gasteiger partial charge in [-0.2, -0.15) is 5.10 Å². The van der Waals surface area contributed by atoms with Gasteiger partial charge in [0, 0.05) is 29.9 Å². The summed E-state index contributed by atoms with van der Waals surface area (Å²) in [5.41, 5.74) is 3.46. The van der Waals surface area contributed by atoms with Crippen LogP contribution in [0.3, 0.4) is 0 Å². The van der Waals surface area contributed by atoms with Crippen molar-refractivity contribution < 1.29 is 9.53 Å². The number of rotatable bonds is 6. The minimum atomic E-state index is -0.513. The van der Waals surface area contributed by atoms with E-state index < -0.39 is 6.03 Å². The van der Waals surface area contributed by atoms with E-state index in [2.05, 4.69) is 30.6 Å². The molecule has 0 radical (unpaired) electrons. The summed E-state index contributed by atoms with van der Waals surface area (Å²) in [4.78, 5) is 27.7. The van der Waals surface area contributed by atoms with E-state index in [0.29, 0.717) is 27.2 Å². The second-order valence-electron chi connectivity index (χ2n) is 8.54. The molecule has 12 heteroatoms. The molecule has 3 aromatic heterocycles. The first-order valence-electron chi connectivity index (χ1n) is 11.7. The topological polar surface area (TPSA) is 110 Å². The van der Waals surface area contributed by atoms with E-state index in [1.807, 2.05) is 42.7 Å². The van der Waals surface area contributed by atoms with E-state index in [-0.39, 0.29) is 6.01 Å². The summed E-state index contributed by atoms with van der Waals surface area (Å²) in [5, 5.41) is 10.5. The van der Waals surface area contributed by atoms with Crippen LogP contribution in [0.2, 0.25) is 10.0 Å². The normalized spacial score (nSPS) is 12.7. The number of urea groups is 1. The average Bonchev–Trinajstić information content (AvgIpc) is 3.30. The molecule has 38 heavy (non-hydrogen) atoms. The SMILES string of the molecule is O=C(Nc1cnc(Oc2ccc(-c3cnn4ccc(N5CCC5)nc34)cc2)nc1)Nc1cc(Cl)ccc1Cl. The molecular weight excluding hydrogens is 527 g/mol. The monoisotopic (exact) mass is 546 g/mol. The molecule has 5 aromatic rings. The summed E-state index contributed by atoms with van der Waals surface area (Å²) >= 11 is 12.0. The third-order valence-electron chi connectivity index (χ3n) is 5.97. The highest BCUT2D eigenvalue weighted by Crippen LogP contribution is 2.29. The summed E-state index contributed by atoms with van der Waals surface area (Å²) in [6.07, 6.45) is 7.82. The summed E-state index contributed by atoms with van der Waals surface area (Å²) in [7, 11) is 0. The van der Waals surface area contributed by atoms with Crippen LogP contribution in [0.25, 0.3) is 16.8 Å². The van der Waals surface area contributed by atoms with Crippen molar-refractivity contribution in [2.45, 2.75) is 6.42 Å². The van der Waals surface area contributed by atoms with Crippen LogP contribution in [-0.2, 0) is 0 Å². The number of halogens is 2. The van der Waals surface area contributed by atoms with E-state index in [0.717, 1.165) is 35.7 Å². The molecule has 1 saturated heterocycles. The van der Waals surface area contributed by atoms with Gasteiger partial charge in [0.05, 0.1) is 35.0 Å². The zero-order valence-corrected chi connectivity index (χ0v) is 21.3. The van der Waals surface area contributed by atoms with Crippen molar-refractivity contribution in [2.75, 3.05) is 28.6 Å². The molecule has 0 aliphatic carbocycles. The molecule has 0 atom stereocenters. The van der Waals surface area contributed by atoms with Crippen molar-refractivity contribution in [3.8, 4) is 22.9 Å². The van der Waals surface area contributed by atoms with E-state index in [1.165, 1.54) is 18.8 Å². The van der Waals surface area contributed by atoms with E-state index >= 15 is 0 Å². The average molecular weight is 547 g/mol. The Labute approximate surface area is 227 Å². The van der Waals surface area contributed by atoms with Gasteiger partial charge in [0.15, 0.2) is 5.65 Å². The molecule has 6 rings (SSSR count). The Morgan fingerprint density at radius 1 is 0.947 bits per heavy atom. The van der Waals surface area contributed by atoms with Gasteiger partial charge in [0.2, 0.25) is 0 Å². The van der Waals surface area contributed by atoms with Gasteiger partial charge in [-0.05, 0) is 48.4 Å². The molecule has 10 nitrogen and oxygen atoms in total. The molecule has 2 N–H and O–H groups in total. The third-order valence-corrected chi connectivity index (χ3v) is 6.54. The highest BCUT2D eigenvalue weighted by atomic mass is 35.5. The first-order chi connectivity index (χ1) is 18.5. The second-order valence-corrected chi connectivity index (χ2v) is 9.38. The molecule has 0 unspecified atom stereocenters. The zero-order chi connectivity index (χ0) is 26.1. The number of ether oxygens (including phenoxy) is 1. The molecule has 0 bridgehead atoms. The molecule has 0 saturated carbocycles. The Bertz CT molecular complexity index is 1620. The number of amides is 2. The maximum absolute atomic E-state index is 12.3. The van der Waals surface area contributed by atoms with Crippen LogP contribution in [0.15, 0.2) is 73.3 Å². The van der Waals surface area contributed by atoms with E-state index in [9.17, 15) is 4.79 Å². The Morgan fingerprint density at radius 2 is 1.74 bits per heavy atom. The summed E-state index contributed by atoms with van der Waals surface area (Å²) < 4.78 is 7.54. The minimum absolute atomic E-state index is 0.137. The summed E-state index contributed by atoms with van der Waals surface area (Å²) in [6, 6.07) is 13.9. The van der Waals surface area contributed by atoms with Crippen molar-refractivity contribution in [1.29, 1.82) is 0 Å². The Balaban J connectivity index is 1.10. The number of anilines is 3. The van der Waals surface area contributed by atoms with Gasteiger partial charge >= 0.3 is 12.0 Å². The standard InChI is InChI=1S/C26H20Cl2N8O2/c27-17-4-7-21(28)22(12-17)33-25(37)32-18-13-29-26(30-14-18)38-19-5-2-16(3-6-19)20-15-31-36-11-8-23(34-24(20)36)35-9-1-10-35/h2-8,11-15H,1,9-10H2,(H2,32,33,37). The largest absolute Gasteiger partial charge is 0.424 e. The van der Waals surface area contributed by atoms with Crippen molar-refractivity contribution in [2.24, 2.45) is 0 Å². The van der Waals surface area contributed by atoms with Crippen molar-refractivity contribution in [1.82, 2.24) is 24.6 Å². The predicted molar refractivity (Wildman–Crippen MR) is 146 cm³/mol. The van der Waals surface area contributed by atoms with Gasteiger partial charge in [-0.15, -0.1) is 0 Å². The van der Waals surface area contributed by atoms with Crippen LogP contribution >= 0.6 is 23.2 Å².